The molecule has 2 aromatic carbocycles. The molecule has 1 unspecified atom stereocenters. The Morgan fingerprint density at radius 2 is 1.94 bits per heavy atom. The average Bonchev–Trinajstić information content (AvgIpc) is 3.19. The fourth-order valence-corrected chi connectivity index (χ4v) is 5.81. The lowest BCUT2D eigenvalue weighted by molar-refractivity contribution is 0.0728. The molecular weight excluding hydrogens is 460 g/mol. The molecule has 1 amide bonds. The number of ether oxygens (including phenoxy) is 2. The second-order valence-electron chi connectivity index (χ2n) is 7.97. The van der Waals surface area contributed by atoms with E-state index in [1.807, 2.05) is 13.0 Å². The quantitative estimate of drug-likeness (QED) is 0.357. The maximum atomic E-state index is 13.0. The first-order valence-corrected chi connectivity index (χ1v) is 12.2. The molecule has 3 aromatic rings. The Hall–Kier alpha value is -3.03. The second kappa shape index (κ2) is 9.08. The molecule has 1 aliphatic heterocycles. The van der Waals surface area contributed by atoms with Crippen LogP contribution in [0.2, 0.25) is 5.02 Å². The molecule has 0 spiro atoms. The van der Waals surface area contributed by atoms with Crippen LogP contribution >= 0.6 is 22.9 Å². The van der Waals surface area contributed by atoms with E-state index in [0.717, 1.165) is 35.4 Å². The van der Waals surface area contributed by atoms with Crippen LogP contribution < -0.4 is 20.1 Å². The summed E-state index contributed by atoms with van der Waals surface area (Å²) in [5, 5.41) is 7.77. The number of benzene rings is 2. The topological polar surface area (TPSA) is 76.7 Å². The Kier molecular flexibility index (Phi) is 6.00. The van der Waals surface area contributed by atoms with Crippen molar-refractivity contribution in [1.82, 2.24) is 5.32 Å². The van der Waals surface area contributed by atoms with Gasteiger partial charge in [0.25, 0.3) is 5.91 Å². The van der Waals surface area contributed by atoms with E-state index in [9.17, 15) is 9.59 Å². The predicted molar refractivity (Wildman–Crippen MR) is 129 cm³/mol. The monoisotopic (exact) mass is 482 g/mol. The number of amides is 1. The van der Waals surface area contributed by atoms with E-state index in [-0.39, 0.29) is 11.5 Å². The number of halogens is 1. The molecule has 170 valence electrons. The first-order chi connectivity index (χ1) is 16.0. The molecule has 0 bridgehead atoms. The molecular formula is C25H23ClN2O4S. The number of rotatable bonds is 5. The standard InChI is InChI=1S/C25H23ClN2O4S/c1-2-31-19-13-14(11-12-18(19)32-25(30)15-7-3-5-9-17(15)26)22-27-23(29)21-16-8-4-6-10-20(16)33-24(21)28-22/h3,5,7,9,11-13,22,28H,2,4,6,8,10H2,1H3,(H,27,29). The van der Waals surface area contributed by atoms with E-state index in [0.29, 0.717) is 23.1 Å². The number of aryl methyl sites for hydroxylation is 1. The fraction of sp³-hybridized carbons (Fsp3) is 0.280. The van der Waals surface area contributed by atoms with Gasteiger partial charge in [-0.25, -0.2) is 4.79 Å². The first-order valence-electron chi connectivity index (χ1n) is 11.0. The minimum Gasteiger partial charge on any atom is -0.490 e. The van der Waals surface area contributed by atoms with Crippen molar-refractivity contribution in [3.8, 4) is 11.5 Å². The molecule has 2 aliphatic rings. The summed E-state index contributed by atoms with van der Waals surface area (Å²) in [5.41, 5.74) is 3.07. The summed E-state index contributed by atoms with van der Waals surface area (Å²) in [6.45, 7) is 2.25. The third kappa shape index (κ3) is 4.18. The van der Waals surface area contributed by atoms with Crippen LogP contribution in [0.4, 0.5) is 5.00 Å². The van der Waals surface area contributed by atoms with Gasteiger partial charge in [-0.2, -0.15) is 0 Å². The van der Waals surface area contributed by atoms with Gasteiger partial charge in [0.1, 0.15) is 11.2 Å². The van der Waals surface area contributed by atoms with Gasteiger partial charge in [0.15, 0.2) is 11.5 Å². The third-order valence-corrected chi connectivity index (χ3v) is 7.40. The van der Waals surface area contributed by atoms with Crippen LogP contribution in [-0.2, 0) is 12.8 Å². The van der Waals surface area contributed by atoms with Crippen molar-refractivity contribution in [2.45, 2.75) is 38.8 Å². The normalized spacial score (nSPS) is 16.8. The largest absolute Gasteiger partial charge is 0.490 e. The molecule has 2 heterocycles. The molecule has 8 heteroatoms. The van der Waals surface area contributed by atoms with Crippen LogP contribution in [0.25, 0.3) is 0 Å². The number of fused-ring (bicyclic) bond motifs is 3. The van der Waals surface area contributed by atoms with Crippen LogP contribution in [-0.4, -0.2) is 18.5 Å². The summed E-state index contributed by atoms with van der Waals surface area (Å²) >= 11 is 7.81. The van der Waals surface area contributed by atoms with Gasteiger partial charge in [0.05, 0.1) is 22.8 Å². The molecule has 1 atom stereocenters. The van der Waals surface area contributed by atoms with Gasteiger partial charge in [0.2, 0.25) is 0 Å². The Labute approximate surface area is 200 Å². The van der Waals surface area contributed by atoms with Crippen LogP contribution in [0.1, 0.15) is 62.7 Å². The molecule has 6 nitrogen and oxygen atoms in total. The van der Waals surface area contributed by atoms with Gasteiger partial charge >= 0.3 is 5.97 Å². The molecule has 1 aliphatic carbocycles. The minimum absolute atomic E-state index is 0.0552. The van der Waals surface area contributed by atoms with Gasteiger partial charge < -0.3 is 20.1 Å². The summed E-state index contributed by atoms with van der Waals surface area (Å²) in [7, 11) is 0. The van der Waals surface area contributed by atoms with E-state index in [2.05, 4.69) is 10.6 Å². The highest BCUT2D eigenvalue weighted by atomic mass is 35.5. The number of anilines is 1. The molecule has 5 rings (SSSR count). The zero-order chi connectivity index (χ0) is 22.9. The van der Waals surface area contributed by atoms with Gasteiger partial charge in [-0.05, 0) is 68.0 Å². The zero-order valence-corrected chi connectivity index (χ0v) is 19.6. The molecule has 0 saturated carbocycles. The van der Waals surface area contributed by atoms with Crippen molar-refractivity contribution in [3.63, 3.8) is 0 Å². The van der Waals surface area contributed by atoms with Crippen molar-refractivity contribution in [2.75, 3.05) is 11.9 Å². The summed E-state index contributed by atoms with van der Waals surface area (Å²) in [6, 6.07) is 12.0. The lowest BCUT2D eigenvalue weighted by Gasteiger charge is -2.27. The Balaban J connectivity index is 1.41. The zero-order valence-electron chi connectivity index (χ0n) is 18.1. The third-order valence-electron chi connectivity index (χ3n) is 5.85. The molecule has 33 heavy (non-hydrogen) atoms. The Morgan fingerprint density at radius 3 is 2.76 bits per heavy atom. The molecule has 0 saturated heterocycles. The highest BCUT2D eigenvalue weighted by molar-refractivity contribution is 7.16. The van der Waals surface area contributed by atoms with E-state index in [4.69, 9.17) is 21.1 Å². The van der Waals surface area contributed by atoms with Crippen molar-refractivity contribution >= 4 is 39.8 Å². The average molecular weight is 483 g/mol. The smallest absolute Gasteiger partial charge is 0.345 e. The predicted octanol–water partition coefficient (Wildman–Crippen LogP) is 5.75. The van der Waals surface area contributed by atoms with Gasteiger partial charge in [-0.3, -0.25) is 4.79 Å². The van der Waals surface area contributed by atoms with E-state index in [1.165, 1.54) is 16.9 Å². The number of carbonyl (C=O) groups is 2. The first kappa shape index (κ1) is 21.8. The number of nitrogens with one attached hydrogen (secondary N) is 2. The minimum atomic E-state index is -0.563. The van der Waals surface area contributed by atoms with Crippen molar-refractivity contribution in [2.24, 2.45) is 0 Å². The van der Waals surface area contributed by atoms with E-state index in [1.54, 1.807) is 47.7 Å². The highest BCUT2D eigenvalue weighted by Crippen LogP contribution is 2.42. The summed E-state index contributed by atoms with van der Waals surface area (Å²) in [4.78, 5) is 26.9. The maximum absolute atomic E-state index is 13.0. The number of hydrogen-bond acceptors (Lipinski definition) is 6. The maximum Gasteiger partial charge on any atom is 0.345 e. The van der Waals surface area contributed by atoms with Gasteiger partial charge in [-0.1, -0.05) is 29.8 Å². The molecule has 0 fully saturated rings. The lowest BCUT2D eigenvalue weighted by Crippen LogP contribution is -2.38. The molecule has 1 aromatic heterocycles. The highest BCUT2D eigenvalue weighted by Gasteiger charge is 2.32. The van der Waals surface area contributed by atoms with Crippen molar-refractivity contribution < 1.29 is 19.1 Å². The fourth-order valence-electron chi connectivity index (χ4n) is 4.28. The molecule has 2 N–H and O–H groups in total. The van der Waals surface area contributed by atoms with E-state index < -0.39 is 12.1 Å². The van der Waals surface area contributed by atoms with Crippen LogP contribution in [0.5, 0.6) is 11.5 Å². The van der Waals surface area contributed by atoms with Crippen molar-refractivity contribution in [3.05, 3.63) is 74.6 Å². The Morgan fingerprint density at radius 1 is 1.12 bits per heavy atom. The second-order valence-corrected chi connectivity index (χ2v) is 9.49. The van der Waals surface area contributed by atoms with Crippen LogP contribution in [0.3, 0.4) is 0 Å². The number of esters is 1. The lowest BCUT2D eigenvalue weighted by atomic mass is 9.94. The SMILES string of the molecule is CCOc1cc(C2NC(=O)c3c(sc4c3CCCC4)N2)ccc1OC(=O)c1ccccc1Cl. The number of hydrogen-bond donors (Lipinski definition) is 2. The summed E-state index contributed by atoms with van der Waals surface area (Å²) in [5.74, 6) is 0.0928. The van der Waals surface area contributed by atoms with Crippen LogP contribution in [0, 0.1) is 0 Å². The summed E-state index contributed by atoms with van der Waals surface area (Å²) in [6.07, 6.45) is 3.88. The number of thiophene rings is 1. The molecule has 0 radical (unpaired) electrons. The van der Waals surface area contributed by atoms with Crippen LogP contribution in [0.15, 0.2) is 42.5 Å². The number of carbonyl (C=O) groups excluding carboxylic acids is 2. The Bertz CT molecular complexity index is 1240. The van der Waals surface area contributed by atoms with Crippen molar-refractivity contribution in [1.29, 1.82) is 0 Å². The van der Waals surface area contributed by atoms with Gasteiger partial charge in [-0.15, -0.1) is 11.3 Å². The van der Waals surface area contributed by atoms with Gasteiger partial charge in [0, 0.05) is 4.88 Å². The van der Waals surface area contributed by atoms with E-state index >= 15 is 0 Å². The summed E-state index contributed by atoms with van der Waals surface area (Å²) < 4.78 is 11.3.